The molecule has 2 heterocycles. The Labute approximate surface area is 103 Å². The number of rotatable bonds is 2. The third-order valence-corrected chi connectivity index (χ3v) is 3.72. The van der Waals surface area contributed by atoms with E-state index in [9.17, 15) is 4.79 Å². The molecule has 17 heavy (non-hydrogen) atoms. The van der Waals surface area contributed by atoms with Crippen LogP contribution in [0.3, 0.4) is 0 Å². The van der Waals surface area contributed by atoms with Crippen LogP contribution in [0.15, 0.2) is 4.99 Å². The minimum absolute atomic E-state index is 0.0908. The molecule has 2 rings (SSSR count). The lowest BCUT2D eigenvalue weighted by molar-refractivity contribution is -0.125. The third-order valence-electron chi connectivity index (χ3n) is 3.72. The second kappa shape index (κ2) is 4.64. The van der Waals surface area contributed by atoms with Gasteiger partial charge in [0.15, 0.2) is 5.96 Å². The van der Waals surface area contributed by atoms with E-state index in [1.807, 2.05) is 6.92 Å². The van der Waals surface area contributed by atoms with Gasteiger partial charge in [-0.1, -0.05) is 0 Å². The standard InChI is InChI=1S/C12H22N4O/c1-4-13-11-14-10(17)12(15-11)5-7-16(8-6-12)9(2)3/h9H,4-8H2,1-3H3,(H2,13,14,15,17). The molecule has 2 aliphatic rings. The van der Waals surface area contributed by atoms with Crippen LogP contribution in [0.1, 0.15) is 33.6 Å². The first kappa shape index (κ1) is 12.4. The fourth-order valence-electron chi connectivity index (χ4n) is 2.55. The maximum atomic E-state index is 12.0. The number of amides is 1. The predicted octanol–water partition coefficient (Wildman–Crippen LogP) is 0.325. The molecule has 1 amide bonds. The third kappa shape index (κ3) is 2.29. The van der Waals surface area contributed by atoms with Crippen molar-refractivity contribution in [2.45, 2.75) is 45.2 Å². The summed E-state index contributed by atoms with van der Waals surface area (Å²) in [6, 6.07) is 0.556. The maximum Gasteiger partial charge on any atom is 0.252 e. The summed E-state index contributed by atoms with van der Waals surface area (Å²) in [6.45, 7) is 8.99. The Kier molecular flexibility index (Phi) is 3.38. The molecule has 0 atom stereocenters. The first-order chi connectivity index (χ1) is 8.07. The summed E-state index contributed by atoms with van der Waals surface area (Å²) in [5.41, 5.74) is -0.403. The van der Waals surface area contributed by atoms with E-state index in [0.29, 0.717) is 18.5 Å². The van der Waals surface area contributed by atoms with Crippen molar-refractivity contribution in [2.75, 3.05) is 19.6 Å². The van der Waals surface area contributed by atoms with Gasteiger partial charge in [-0.05, 0) is 33.6 Å². The van der Waals surface area contributed by atoms with Gasteiger partial charge in [-0.3, -0.25) is 15.1 Å². The average Bonchev–Trinajstić information content (AvgIpc) is 2.57. The molecule has 0 aromatic rings. The van der Waals surface area contributed by atoms with Crippen LogP contribution in [0.4, 0.5) is 0 Å². The minimum Gasteiger partial charge on any atom is -0.342 e. The summed E-state index contributed by atoms with van der Waals surface area (Å²) in [5, 5.41) is 6.12. The smallest absolute Gasteiger partial charge is 0.252 e. The van der Waals surface area contributed by atoms with Gasteiger partial charge in [0.1, 0.15) is 5.54 Å². The molecule has 0 saturated carbocycles. The number of likely N-dealkylation sites (tertiary alicyclic amines) is 1. The fourth-order valence-corrected chi connectivity index (χ4v) is 2.55. The van der Waals surface area contributed by atoms with E-state index in [1.165, 1.54) is 0 Å². The van der Waals surface area contributed by atoms with E-state index in [2.05, 4.69) is 34.4 Å². The maximum absolute atomic E-state index is 12.0. The molecule has 0 aromatic carbocycles. The van der Waals surface area contributed by atoms with Crippen molar-refractivity contribution in [2.24, 2.45) is 4.99 Å². The largest absolute Gasteiger partial charge is 0.342 e. The molecule has 0 aliphatic carbocycles. The van der Waals surface area contributed by atoms with Gasteiger partial charge in [-0.25, -0.2) is 0 Å². The van der Waals surface area contributed by atoms with Crippen molar-refractivity contribution in [1.29, 1.82) is 0 Å². The van der Waals surface area contributed by atoms with Gasteiger partial charge in [-0.2, -0.15) is 0 Å². The van der Waals surface area contributed by atoms with Crippen LogP contribution in [-0.2, 0) is 4.79 Å². The number of carbonyl (C=O) groups is 1. The van der Waals surface area contributed by atoms with Gasteiger partial charge in [0, 0.05) is 25.7 Å². The number of hydrogen-bond donors (Lipinski definition) is 2. The Morgan fingerprint density at radius 3 is 2.59 bits per heavy atom. The second-order valence-electron chi connectivity index (χ2n) is 5.11. The second-order valence-corrected chi connectivity index (χ2v) is 5.11. The average molecular weight is 238 g/mol. The predicted molar refractivity (Wildman–Crippen MR) is 67.9 cm³/mol. The molecule has 96 valence electrons. The Bertz CT molecular complexity index is 329. The molecule has 0 radical (unpaired) electrons. The summed E-state index contributed by atoms with van der Waals surface area (Å²) < 4.78 is 0. The van der Waals surface area contributed by atoms with Gasteiger partial charge in [0.2, 0.25) is 0 Å². The van der Waals surface area contributed by atoms with Crippen molar-refractivity contribution in [3.63, 3.8) is 0 Å². The highest BCUT2D eigenvalue weighted by Crippen LogP contribution is 2.26. The van der Waals surface area contributed by atoms with E-state index in [4.69, 9.17) is 0 Å². The fraction of sp³-hybridized carbons (Fsp3) is 0.833. The number of aliphatic imine (C=N–C) groups is 1. The van der Waals surface area contributed by atoms with E-state index >= 15 is 0 Å². The van der Waals surface area contributed by atoms with Gasteiger partial charge in [0.25, 0.3) is 5.91 Å². The van der Waals surface area contributed by atoms with Gasteiger partial charge >= 0.3 is 0 Å². The van der Waals surface area contributed by atoms with Crippen LogP contribution in [0.25, 0.3) is 0 Å². The van der Waals surface area contributed by atoms with Crippen molar-refractivity contribution in [3.8, 4) is 0 Å². The Balaban J connectivity index is 2.03. The minimum atomic E-state index is -0.403. The molecular weight excluding hydrogens is 216 g/mol. The summed E-state index contributed by atoms with van der Waals surface area (Å²) >= 11 is 0. The molecule has 2 saturated heterocycles. The van der Waals surface area contributed by atoms with Crippen LogP contribution in [-0.4, -0.2) is 48.0 Å². The Hall–Kier alpha value is -1.10. The molecule has 0 bridgehead atoms. The highest BCUT2D eigenvalue weighted by Gasteiger charge is 2.46. The molecule has 1 spiro atoms. The van der Waals surface area contributed by atoms with Crippen LogP contribution in [0.5, 0.6) is 0 Å². The zero-order chi connectivity index (χ0) is 12.5. The van der Waals surface area contributed by atoms with Gasteiger partial charge in [0.05, 0.1) is 0 Å². The first-order valence-electron chi connectivity index (χ1n) is 6.45. The molecule has 0 unspecified atom stereocenters. The van der Waals surface area contributed by atoms with E-state index in [1.54, 1.807) is 0 Å². The molecule has 2 N–H and O–H groups in total. The monoisotopic (exact) mass is 238 g/mol. The lowest BCUT2D eigenvalue weighted by Crippen LogP contribution is -2.55. The van der Waals surface area contributed by atoms with Crippen LogP contribution in [0, 0.1) is 0 Å². The van der Waals surface area contributed by atoms with Crippen LogP contribution < -0.4 is 10.6 Å². The van der Waals surface area contributed by atoms with E-state index in [-0.39, 0.29) is 5.91 Å². The van der Waals surface area contributed by atoms with Crippen molar-refractivity contribution >= 4 is 11.9 Å². The lowest BCUT2D eigenvalue weighted by atomic mass is 9.87. The number of piperidine rings is 1. The van der Waals surface area contributed by atoms with Crippen LogP contribution in [0.2, 0.25) is 0 Å². The number of nitrogens with one attached hydrogen (secondary N) is 2. The topological polar surface area (TPSA) is 56.7 Å². The van der Waals surface area contributed by atoms with Crippen molar-refractivity contribution in [1.82, 2.24) is 15.5 Å². The number of guanidine groups is 1. The summed E-state index contributed by atoms with van der Waals surface area (Å²) in [4.78, 5) is 18.7. The highest BCUT2D eigenvalue weighted by atomic mass is 16.2. The number of carbonyl (C=O) groups excluding carboxylic acids is 1. The van der Waals surface area contributed by atoms with Gasteiger partial charge < -0.3 is 10.2 Å². The molecule has 0 aromatic heterocycles. The van der Waals surface area contributed by atoms with E-state index in [0.717, 1.165) is 25.9 Å². The molecule has 2 aliphatic heterocycles. The van der Waals surface area contributed by atoms with E-state index < -0.39 is 5.54 Å². The quantitative estimate of drug-likeness (QED) is 0.728. The first-order valence-corrected chi connectivity index (χ1v) is 6.45. The highest BCUT2D eigenvalue weighted by molar-refractivity contribution is 6.09. The Morgan fingerprint density at radius 1 is 1.41 bits per heavy atom. The SMILES string of the molecule is CCN=C1NC(=O)C2(CCN(C(C)C)CC2)N1. The van der Waals surface area contributed by atoms with Crippen molar-refractivity contribution < 1.29 is 4.79 Å². The lowest BCUT2D eigenvalue weighted by Gasteiger charge is -2.39. The Morgan fingerprint density at radius 2 is 2.06 bits per heavy atom. The zero-order valence-corrected chi connectivity index (χ0v) is 10.9. The van der Waals surface area contributed by atoms with Crippen molar-refractivity contribution in [3.05, 3.63) is 0 Å². The molecule has 5 nitrogen and oxygen atoms in total. The molecular formula is C12H22N4O. The molecule has 2 fully saturated rings. The zero-order valence-electron chi connectivity index (χ0n) is 10.9. The number of nitrogens with zero attached hydrogens (tertiary/aromatic N) is 2. The van der Waals surface area contributed by atoms with Crippen LogP contribution >= 0.6 is 0 Å². The molecule has 5 heteroatoms. The normalized spacial score (nSPS) is 26.6. The number of hydrogen-bond acceptors (Lipinski definition) is 3. The summed E-state index contributed by atoms with van der Waals surface area (Å²) in [7, 11) is 0. The summed E-state index contributed by atoms with van der Waals surface area (Å²) in [5.74, 6) is 0.739. The summed E-state index contributed by atoms with van der Waals surface area (Å²) in [6.07, 6.45) is 1.72. The van der Waals surface area contributed by atoms with Gasteiger partial charge in [-0.15, -0.1) is 0 Å².